The van der Waals surface area contributed by atoms with E-state index in [1.807, 2.05) is 36.1 Å². The quantitative estimate of drug-likeness (QED) is 0.455. The highest BCUT2D eigenvalue weighted by molar-refractivity contribution is 5.89. The first-order valence-corrected chi connectivity index (χ1v) is 10.6. The first-order chi connectivity index (χ1) is 15.9. The lowest BCUT2D eigenvalue weighted by atomic mass is 10.1. The SMILES string of the molecule is Cc1ccc(-c2noc(CN3CCN(c4nc(C(F)(F)F)nc5ccccc45)CC3)n2)cc1. The van der Waals surface area contributed by atoms with E-state index in [4.69, 9.17) is 4.52 Å². The number of aryl methyl sites for hydroxylation is 1. The maximum atomic E-state index is 13.3. The molecular formula is C23H21F3N6O. The molecule has 1 saturated heterocycles. The Kier molecular flexibility index (Phi) is 5.45. The number of nitrogens with zero attached hydrogens (tertiary/aromatic N) is 6. The van der Waals surface area contributed by atoms with Gasteiger partial charge in [-0.05, 0) is 19.1 Å². The molecule has 0 N–H and O–H groups in total. The summed E-state index contributed by atoms with van der Waals surface area (Å²) in [5, 5.41) is 4.67. The number of benzene rings is 2. The summed E-state index contributed by atoms with van der Waals surface area (Å²) in [6.45, 7) is 4.79. The van der Waals surface area contributed by atoms with Crippen LogP contribution in [0.1, 0.15) is 17.3 Å². The molecule has 2 aromatic carbocycles. The molecule has 2 aromatic heterocycles. The molecule has 0 unspecified atom stereocenters. The lowest BCUT2D eigenvalue weighted by Crippen LogP contribution is -2.46. The van der Waals surface area contributed by atoms with Crippen molar-refractivity contribution < 1.29 is 17.7 Å². The number of para-hydroxylation sites is 1. The molecular weight excluding hydrogens is 433 g/mol. The van der Waals surface area contributed by atoms with Crippen LogP contribution in [-0.4, -0.2) is 51.2 Å². The minimum atomic E-state index is -4.60. The Morgan fingerprint density at radius 3 is 2.36 bits per heavy atom. The molecule has 3 heterocycles. The van der Waals surface area contributed by atoms with Crippen molar-refractivity contribution in [1.29, 1.82) is 0 Å². The Labute approximate surface area is 187 Å². The van der Waals surface area contributed by atoms with E-state index < -0.39 is 12.0 Å². The molecule has 0 bridgehead atoms. The Balaban J connectivity index is 1.29. The third-order valence-corrected chi connectivity index (χ3v) is 5.65. The number of halogens is 3. The van der Waals surface area contributed by atoms with Gasteiger partial charge in [0.05, 0.1) is 12.1 Å². The van der Waals surface area contributed by atoms with Crippen molar-refractivity contribution in [2.24, 2.45) is 0 Å². The monoisotopic (exact) mass is 454 g/mol. The summed E-state index contributed by atoms with van der Waals surface area (Å²) >= 11 is 0. The number of fused-ring (bicyclic) bond motifs is 1. The number of alkyl halides is 3. The van der Waals surface area contributed by atoms with Crippen LogP contribution in [0.25, 0.3) is 22.3 Å². The normalized spacial score (nSPS) is 15.3. The van der Waals surface area contributed by atoms with Gasteiger partial charge < -0.3 is 9.42 Å². The summed E-state index contributed by atoms with van der Waals surface area (Å²) in [5.74, 6) is 0.238. The fourth-order valence-electron chi connectivity index (χ4n) is 3.88. The topological polar surface area (TPSA) is 71.2 Å². The van der Waals surface area contributed by atoms with Crippen LogP contribution >= 0.6 is 0 Å². The lowest BCUT2D eigenvalue weighted by molar-refractivity contribution is -0.144. The van der Waals surface area contributed by atoms with E-state index in [0.29, 0.717) is 55.6 Å². The van der Waals surface area contributed by atoms with Crippen LogP contribution in [0.5, 0.6) is 0 Å². The highest BCUT2D eigenvalue weighted by Gasteiger charge is 2.36. The molecule has 0 saturated carbocycles. The molecule has 0 amide bonds. The first kappa shape index (κ1) is 21.3. The summed E-state index contributed by atoms with van der Waals surface area (Å²) in [6, 6.07) is 14.7. The minimum Gasteiger partial charge on any atom is -0.353 e. The summed E-state index contributed by atoms with van der Waals surface area (Å²) in [4.78, 5) is 16.1. The van der Waals surface area contributed by atoms with E-state index in [1.54, 1.807) is 24.3 Å². The van der Waals surface area contributed by atoms with Crippen molar-refractivity contribution in [3.8, 4) is 11.4 Å². The standard InChI is InChI=1S/C23H21F3N6O/c1-15-6-8-16(9-7-15)20-28-19(33-30-20)14-31-10-12-32(13-11-31)21-17-4-2-3-5-18(17)27-22(29-21)23(24,25)26/h2-9H,10-14H2,1H3. The molecule has 1 aliphatic rings. The van der Waals surface area contributed by atoms with Gasteiger partial charge in [-0.25, -0.2) is 9.97 Å². The second kappa shape index (κ2) is 8.43. The van der Waals surface area contributed by atoms with Crippen LogP contribution in [0.15, 0.2) is 53.1 Å². The fraction of sp³-hybridized carbons (Fsp3) is 0.304. The van der Waals surface area contributed by atoms with E-state index in [2.05, 4.69) is 25.0 Å². The molecule has 33 heavy (non-hydrogen) atoms. The van der Waals surface area contributed by atoms with E-state index in [-0.39, 0.29) is 5.52 Å². The zero-order valence-electron chi connectivity index (χ0n) is 17.9. The van der Waals surface area contributed by atoms with Gasteiger partial charge in [-0.3, -0.25) is 4.90 Å². The summed E-state index contributed by atoms with van der Waals surface area (Å²) < 4.78 is 45.4. The molecule has 0 spiro atoms. The number of piperazine rings is 1. The Morgan fingerprint density at radius 2 is 1.64 bits per heavy atom. The summed E-state index contributed by atoms with van der Waals surface area (Å²) in [6.07, 6.45) is -4.60. The van der Waals surface area contributed by atoms with Gasteiger partial charge >= 0.3 is 6.18 Å². The Bertz CT molecular complexity index is 1260. The molecule has 0 atom stereocenters. The highest BCUT2D eigenvalue weighted by Crippen LogP contribution is 2.32. The minimum absolute atomic E-state index is 0.284. The van der Waals surface area contributed by atoms with Crippen LogP contribution in [0.2, 0.25) is 0 Å². The van der Waals surface area contributed by atoms with Gasteiger partial charge in [0.15, 0.2) is 0 Å². The van der Waals surface area contributed by atoms with Gasteiger partial charge in [-0.15, -0.1) is 0 Å². The van der Waals surface area contributed by atoms with Gasteiger partial charge in [-0.2, -0.15) is 18.2 Å². The van der Waals surface area contributed by atoms with Crippen molar-refractivity contribution in [3.63, 3.8) is 0 Å². The predicted molar refractivity (Wildman–Crippen MR) is 117 cm³/mol. The number of hydrogen-bond acceptors (Lipinski definition) is 7. The number of hydrogen-bond donors (Lipinski definition) is 0. The molecule has 0 radical (unpaired) electrons. The average molecular weight is 454 g/mol. The zero-order chi connectivity index (χ0) is 23.0. The number of rotatable bonds is 4. The van der Waals surface area contributed by atoms with E-state index in [1.165, 1.54) is 0 Å². The van der Waals surface area contributed by atoms with Gasteiger partial charge in [0, 0.05) is 37.1 Å². The van der Waals surface area contributed by atoms with Crippen molar-refractivity contribution in [2.75, 3.05) is 31.1 Å². The third-order valence-electron chi connectivity index (χ3n) is 5.65. The van der Waals surface area contributed by atoms with Crippen LogP contribution in [0, 0.1) is 6.92 Å². The van der Waals surface area contributed by atoms with Crippen LogP contribution in [-0.2, 0) is 12.7 Å². The van der Waals surface area contributed by atoms with Gasteiger partial charge in [0.2, 0.25) is 17.5 Å². The maximum absolute atomic E-state index is 13.3. The van der Waals surface area contributed by atoms with Crippen LogP contribution in [0.3, 0.4) is 0 Å². The average Bonchev–Trinajstić information content (AvgIpc) is 3.27. The molecule has 4 aromatic rings. The van der Waals surface area contributed by atoms with Crippen molar-refractivity contribution in [1.82, 2.24) is 25.0 Å². The van der Waals surface area contributed by atoms with Gasteiger partial charge in [0.25, 0.3) is 0 Å². The second-order valence-corrected chi connectivity index (χ2v) is 8.03. The van der Waals surface area contributed by atoms with Crippen molar-refractivity contribution >= 4 is 16.7 Å². The largest absolute Gasteiger partial charge is 0.451 e. The molecule has 1 aliphatic heterocycles. The number of aromatic nitrogens is 4. The van der Waals surface area contributed by atoms with Gasteiger partial charge in [-0.1, -0.05) is 47.1 Å². The molecule has 10 heteroatoms. The lowest BCUT2D eigenvalue weighted by Gasteiger charge is -2.35. The van der Waals surface area contributed by atoms with Crippen molar-refractivity contribution in [2.45, 2.75) is 19.6 Å². The molecule has 7 nitrogen and oxygen atoms in total. The Hall–Kier alpha value is -3.53. The fourth-order valence-corrected chi connectivity index (χ4v) is 3.88. The zero-order valence-corrected chi connectivity index (χ0v) is 17.9. The summed E-state index contributed by atoms with van der Waals surface area (Å²) in [5.41, 5.74) is 2.32. The molecule has 1 fully saturated rings. The molecule has 5 rings (SSSR count). The van der Waals surface area contributed by atoms with Crippen LogP contribution < -0.4 is 4.90 Å². The van der Waals surface area contributed by atoms with Crippen LogP contribution in [0.4, 0.5) is 19.0 Å². The second-order valence-electron chi connectivity index (χ2n) is 8.03. The molecule has 170 valence electrons. The van der Waals surface area contributed by atoms with E-state index in [9.17, 15) is 13.2 Å². The predicted octanol–water partition coefficient (Wildman–Crippen LogP) is 4.33. The third kappa shape index (κ3) is 4.51. The van der Waals surface area contributed by atoms with Gasteiger partial charge in [0.1, 0.15) is 5.82 Å². The number of anilines is 1. The first-order valence-electron chi connectivity index (χ1n) is 10.6. The van der Waals surface area contributed by atoms with E-state index >= 15 is 0 Å². The summed E-state index contributed by atoms with van der Waals surface area (Å²) in [7, 11) is 0. The Morgan fingerprint density at radius 1 is 0.909 bits per heavy atom. The van der Waals surface area contributed by atoms with E-state index in [0.717, 1.165) is 11.1 Å². The van der Waals surface area contributed by atoms with Crippen molar-refractivity contribution in [3.05, 3.63) is 65.8 Å². The smallest absolute Gasteiger partial charge is 0.353 e. The maximum Gasteiger partial charge on any atom is 0.451 e. The molecule has 0 aliphatic carbocycles. The highest BCUT2D eigenvalue weighted by atomic mass is 19.4.